The Kier molecular flexibility index (Phi) is 5.88. The quantitative estimate of drug-likeness (QED) is 0.646. The van der Waals surface area contributed by atoms with Crippen LogP contribution in [0, 0.1) is 0 Å². The van der Waals surface area contributed by atoms with Crippen molar-refractivity contribution in [3.05, 3.63) is 27.5 Å². The van der Waals surface area contributed by atoms with Gasteiger partial charge in [-0.15, -0.1) is 0 Å². The van der Waals surface area contributed by atoms with Crippen LogP contribution in [0.3, 0.4) is 0 Å². The smallest absolute Gasteiger partial charge is 0.254 e. The molecule has 0 fully saturated rings. The Hall–Kier alpha value is -0.650. The summed E-state index contributed by atoms with van der Waals surface area (Å²) in [4.78, 5) is 15.6. The molecule has 0 aliphatic heterocycles. The van der Waals surface area contributed by atoms with Crippen molar-refractivity contribution in [1.29, 1.82) is 0 Å². The lowest BCUT2D eigenvalue weighted by atomic mass is 10.2. The van der Waals surface area contributed by atoms with E-state index in [-0.39, 0.29) is 17.2 Å². The lowest BCUT2D eigenvalue weighted by Crippen LogP contribution is -2.25. The first-order chi connectivity index (χ1) is 8.00. The van der Waals surface area contributed by atoms with Crippen LogP contribution >= 0.6 is 27.5 Å². The fourth-order valence-corrected chi connectivity index (χ4v) is 1.80. The second-order valence-electron chi connectivity index (χ2n) is 3.74. The van der Waals surface area contributed by atoms with Crippen molar-refractivity contribution in [2.75, 3.05) is 6.54 Å². The fraction of sp³-hybridized carbons (Fsp3) is 0.455. The predicted octanol–water partition coefficient (Wildman–Crippen LogP) is 2.39. The van der Waals surface area contributed by atoms with E-state index in [1.165, 1.54) is 6.20 Å². The minimum atomic E-state index is -0.344. The zero-order valence-corrected chi connectivity index (χ0v) is 11.8. The van der Waals surface area contributed by atoms with Crippen LogP contribution < -0.4 is 5.32 Å². The molecular formula is C11H14BrClN2O2. The first-order valence-corrected chi connectivity index (χ1v) is 6.45. The first kappa shape index (κ1) is 14.4. The van der Waals surface area contributed by atoms with Gasteiger partial charge < -0.3 is 10.4 Å². The molecule has 0 saturated heterocycles. The van der Waals surface area contributed by atoms with E-state index in [9.17, 15) is 4.79 Å². The van der Waals surface area contributed by atoms with Crippen molar-refractivity contribution in [3.63, 3.8) is 0 Å². The van der Waals surface area contributed by atoms with Crippen molar-refractivity contribution >= 4 is 33.4 Å². The summed E-state index contributed by atoms with van der Waals surface area (Å²) in [5.41, 5.74) is 0.345. The van der Waals surface area contributed by atoms with Gasteiger partial charge in [0.05, 0.1) is 11.7 Å². The molecule has 0 aliphatic rings. The Labute approximate surface area is 114 Å². The maximum Gasteiger partial charge on any atom is 0.254 e. The number of nitrogens with zero attached hydrogens (tertiary/aromatic N) is 1. The minimum absolute atomic E-state index is 0.182. The molecule has 1 aromatic heterocycles. The van der Waals surface area contributed by atoms with Gasteiger partial charge in [0.25, 0.3) is 5.91 Å². The third-order valence-electron chi connectivity index (χ3n) is 2.13. The Bertz CT molecular complexity index is 399. The number of hydrogen-bond donors (Lipinski definition) is 2. The molecule has 94 valence electrons. The first-order valence-electron chi connectivity index (χ1n) is 5.28. The highest BCUT2D eigenvalue weighted by molar-refractivity contribution is 9.10. The molecule has 2 N–H and O–H groups in total. The van der Waals surface area contributed by atoms with Gasteiger partial charge in [0, 0.05) is 17.2 Å². The number of hydrogen-bond acceptors (Lipinski definition) is 3. The number of carbonyl (C=O) groups excluding carboxylic acids is 1. The van der Waals surface area contributed by atoms with E-state index in [4.69, 9.17) is 16.7 Å². The summed E-state index contributed by atoms with van der Waals surface area (Å²) < 4.78 is 0.705. The Morgan fingerprint density at radius 2 is 2.41 bits per heavy atom. The van der Waals surface area contributed by atoms with Crippen molar-refractivity contribution in [2.24, 2.45) is 0 Å². The third-order valence-corrected chi connectivity index (χ3v) is 2.87. The van der Waals surface area contributed by atoms with Crippen molar-refractivity contribution in [3.8, 4) is 0 Å². The van der Waals surface area contributed by atoms with Crippen LogP contribution in [0.4, 0.5) is 0 Å². The molecule has 0 aliphatic carbocycles. The van der Waals surface area contributed by atoms with Gasteiger partial charge in [0.2, 0.25) is 0 Å². The Morgan fingerprint density at radius 1 is 1.71 bits per heavy atom. The summed E-state index contributed by atoms with van der Waals surface area (Å²) in [5.74, 6) is -0.255. The number of aliphatic hydroxyl groups is 1. The average Bonchev–Trinajstić information content (AvgIpc) is 2.27. The molecule has 1 aromatic rings. The molecule has 0 aromatic carbocycles. The van der Waals surface area contributed by atoms with Crippen LogP contribution in [0.5, 0.6) is 0 Å². The number of amides is 1. The molecule has 17 heavy (non-hydrogen) atoms. The predicted molar refractivity (Wildman–Crippen MR) is 70.2 cm³/mol. The highest BCUT2D eigenvalue weighted by Gasteiger charge is 2.11. The van der Waals surface area contributed by atoms with E-state index in [0.717, 1.165) is 6.42 Å². The summed E-state index contributed by atoms with van der Waals surface area (Å²) >= 11 is 9.05. The van der Waals surface area contributed by atoms with Crippen LogP contribution in [0.25, 0.3) is 0 Å². The number of halogens is 2. The lowest BCUT2D eigenvalue weighted by molar-refractivity contribution is 0.0949. The molecule has 4 nitrogen and oxygen atoms in total. The molecule has 1 heterocycles. The maximum atomic E-state index is 11.7. The standard InChI is InChI=1S/C11H14BrClN2O2/c1-7(16)3-2-4-14-11(17)9-5-8(12)6-15-10(9)13/h5-7,16H,2-4H2,1H3,(H,14,17). The van der Waals surface area contributed by atoms with Crippen molar-refractivity contribution in [2.45, 2.75) is 25.9 Å². The fourth-order valence-electron chi connectivity index (χ4n) is 1.28. The average molecular weight is 322 g/mol. The second kappa shape index (κ2) is 6.93. The third kappa shape index (κ3) is 5.02. The molecule has 1 rings (SSSR count). The summed E-state index contributed by atoms with van der Waals surface area (Å²) in [5, 5.41) is 12.0. The van der Waals surface area contributed by atoms with Crippen LogP contribution in [-0.4, -0.2) is 28.6 Å². The lowest BCUT2D eigenvalue weighted by Gasteiger charge is -2.07. The van der Waals surface area contributed by atoms with Crippen LogP contribution in [-0.2, 0) is 0 Å². The van der Waals surface area contributed by atoms with E-state index in [2.05, 4.69) is 26.2 Å². The van der Waals surface area contributed by atoms with Gasteiger partial charge in [0.15, 0.2) is 0 Å². The topological polar surface area (TPSA) is 62.2 Å². The van der Waals surface area contributed by atoms with Crippen LogP contribution in [0.2, 0.25) is 5.15 Å². The second-order valence-corrected chi connectivity index (χ2v) is 5.01. The summed E-state index contributed by atoms with van der Waals surface area (Å²) in [7, 11) is 0. The monoisotopic (exact) mass is 320 g/mol. The molecule has 1 atom stereocenters. The zero-order valence-electron chi connectivity index (χ0n) is 9.41. The number of carbonyl (C=O) groups is 1. The van der Waals surface area contributed by atoms with Crippen LogP contribution in [0.15, 0.2) is 16.7 Å². The highest BCUT2D eigenvalue weighted by Crippen LogP contribution is 2.17. The van der Waals surface area contributed by atoms with E-state index in [1.807, 2.05) is 0 Å². The Morgan fingerprint density at radius 3 is 3.06 bits per heavy atom. The number of nitrogens with one attached hydrogen (secondary N) is 1. The largest absolute Gasteiger partial charge is 0.393 e. The van der Waals surface area contributed by atoms with Crippen molar-refractivity contribution < 1.29 is 9.90 Å². The highest BCUT2D eigenvalue weighted by atomic mass is 79.9. The number of aliphatic hydroxyl groups excluding tert-OH is 1. The molecule has 0 radical (unpaired) electrons. The van der Waals surface area contributed by atoms with Gasteiger partial charge in [-0.1, -0.05) is 11.6 Å². The van der Waals surface area contributed by atoms with Crippen LogP contribution in [0.1, 0.15) is 30.1 Å². The van der Waals surface area contributed by atoms with Gasteiger partial charge in [0.1, 0.15) is 5.15 Å². The number of pyridine rings is 1. The van der Waals surface area contributed by atoms with Gasteiger partial charge in [-0.3, -0.25) is 4.79 Å². The van der Waals surface area contributed by atoms with Crippen molar-refractivity contribution in [1.82, 2.24) is 10.3 Å². The molecule has 0 saturated carbocycles. The molecular weight excluding hydrogens is 307 g/mol. The molecule has 1 amide bonds. The SMILES string of the molecule is CC(O)CCCNC(=O)c1cc(Br)cnc1Cl. The minimum Gasteiger partial charge on any atom is -0.393 e. The Balaban J connectivity index is 2.49. The van der Waals surface area contributed by atoms with Gasteiger partial charge >= 0.3 is 0 Å². The number of aromatic nitrogens is 1. The molecule has 0 spiro atoms. The summed E-state index contributed by atoms with van der Waals surface area (Å²) in [6, 6.07) is 1.62. The summed E-state index contributed by atoms with van der Waals surface area (Å²) in [6.07, 6.45) is 2.57. The van der Waals surface area contributed by atoms with E-state index in [1.54, 1.807) is 13.0 Å². The van der Waals surface area contributed by atoms with Gasteiger partial charge in [-0.2, -0.15) is 0 Å². The van der Waals surface area contributed by atoms with Gasteiger partial charge in [-0.05, 0) is 41.8 Å². The van der Waals surface area contributed by atoms with Gasteiger partial charge in [-0.25, -0.2) is 4.98 Å². The molecule has 0 bridgehead atoms. The maximum absolute atomic E-state index is 11.7. The zero-order chi connectivity index (χ0) is 12.8. The molecule has 6 heteroatoms. The number of rotatable bonds is 5. The van der Waals surface area contributed by atoms with E-state index in [0.29, 0.717) is 23.0 Å². The molecule has 1 unspecified atom stereocenters. The van der Waals surface area contributed by atoms with E-state index < -0.39 is 0 Å². The summed E-state index contributed by atoms with van der Waals surface area (Å²) in [6.45, 7) is 2.23. The van der Waals surface area contributed by atoms with E-state index >= 15 is 0 Å². The normalized spacial score (nSPS) is 12.2.